The van der Waals surface area contributed by atoms with Crippen LogP contribution in [0.3, 0.4) is 0 Å². The van der Waals surface area contributed by atoms with Gasteiger partial charge in [-0.25, -0.2) is 4.39 Å². The number of ether oxygens (including phenoxy) is 1. The zero-order valence-electron chi connectivity index (χ0n) is 9.70. The highest BCUT2D eigenvalue weighted by Gasteiger charge is 2.00. The van der Waals surface area contributed by atoms with Gasteiger partial charge in [0.2, 0.25) is 0 Å². The monoisotopic (exact) mass is 265 g/mol. The Morgan fingerprint density at radius 3 is 2.56 bits per heavy atom. The molecule has 4 heteroatoms. The molecule has 0 bridgehead atoms. The predicted octanol–water partition coefficient (Wildman–Crippen LogP) is 3.78. The Bertz CT molecular complexity index is 525. The van der Waals surface area contributed by atoms with Gasteiger partial charge in [0.15, 0.2) is 0 Å². The second-order valence-electron chi connectivity index (χ2n) is 4.02. The fraction of sp³-hybridized carbons (Fsp3) is 0.143. The van der Waals surface area contributed by atoms with Crippen molar-refractivity contribution >= 4 is 17.3 Å². The van der Waals surface area contributed by atoms with E-state index in [2.05, 4.69) is 0 Å². The largest absolute Gasteiger partial charge is 0.399 e. The summed E-state index contributed by atoms with van der Waals surface area (Å²) in [4.78, 5) is 0. The van der Waals surface area contributed by atoms with Crippen molar-refractivity contribution in [2.45, 2.75) is 13.2 Å². The molecule has 0 atom stereocenters. The maximum Gasteiger partial charge on any atom is 0.125 e. The SMILES string of the molecule is Nc1cc(F)cc(COCc2cccc(Cl)c2)c1. The lowest BCUT2D eigenvalue weighted by molar-refractivity contribution is 0.107. The number of nitrogen functional groups attached to an aromatic ring is 1. The number of hydrogen-bond acceptors (Lipinski definition) is 2. The Hall–Kier alpha value is -1.58. The summed E-state index contributed by atoms with van der Waals surface area (Å²) in [5.74, 6) is -0.351. The van der Waals surface area contributed by atoms with Gasteiger partial charge in [-0.05, 0) is 41.5 Å². The Morgan fingerprint density at radius 2 is 1.83 bits per heavy atom. The van der Waals surface area contributed by atoms with Crippen LogP contribution in [0.4, 0.5) is 10.1 Å². The Labute approximate surface area is 110 Å². The lowest BCUT2D eigenvalue weighted by atomic mass is 10.2. The summed E-state index contributed by atoms with van der Waals surface area (Å²) in [6.07, 6.45) is 0. The third-order valence-corrected chi connectivity index (χ3v) is 2.64. The summed E-state index contributed by atoms with van der Waals surface area (Å²) in [7, 11) is 0. The number of nitrogens with two attached hydrogens (primary N) is 1. The molecule has 0 aliphatic heterocycles. The van der Waals surface area contributed by atoms with Gasteiger partial charge in [0.25, 0.3) is 0 Å². The summed E-state index contributed by atoms with van der Waals surface area (Å²) in [5, 5.41) is 0.672. The first-order chi connectivity index (χ1) is 8.63. The topological polar surface area (TPSA) is 35.2 Å². The molecule has 0 radical (unpaired) electrons. The first kappa shape index (κ1) is 12.9. The molecule has 2 rings (SSSR count). The van der Waals surface area contributed by atoms with Gasteiger partial charge >= 0.3 is 0 Å². The molecule has 0 fully saturated rings. The van der Waals surface area contributed by atoms with Gasteiger partial charge in [-0.1, -0.05) is 23.7 Å². The maximum absolute atomic E-state index is 13.1. The molecule has 94 valence electrons. The highest BCUT2D eigenvalue weighted by molar-refractivity contribution is 6.30. The first-order valence-electron chi connectivity index (χ1n) is 5.50. The van der Waals surface area contributed by atoms with Crippen molar-refractivity contribution in [3.05, 3.63) is 64.4 Å². The molecule has 2 nitrogen and oxygen atoms in total. The van der Waals surface area contributed by atoms with Crippen LogP contribution in [-0.2, 0) is 18.0 Å². The van der Waals surface area contributed by atoms with E-state index in [0.29, 0.717) is 23.9 Å². The number of hydrogen-bond donors (Lipinski definition) is 1. The first-order valence-corrected chi connectivity index (χ1v) is 5.88. The van der Waals surface area contributed by atoms with Crippen molar-refractivity contribution in [1.82, 2.24) is 0 Å². The number of benzene rings is 2. The van der Waals surface area contributed by atoms with E-state index in [0.717, 1.165) is 11.1 Å². The molecule has 0 aromatic heterocycles. The van der Waals surface area contributed by atoms with E-state index in [9.17, 15) is 4.39 Å². The van der Waals surface area contributed by atoms with Gasteiger partial charge in [-0.2, -0.15) is 0 Å². The minimum atomic E-state index is -0.351. The van der Waals surface area contributed by atoms with E-state index in [1.54, 1.807) is 12.1 Å². The van der Waals surface area contributed by atoms with Crippen molar-refractivity contribution in [3.63, 3.8) is 0 Å². The normalized spacial score (nSPS) is 10.6. The van der Waals surface area contributed by atoms with Crippen molar-refractivity contribution in [2.24, 2.45) is 0 Å². The van der Waals surface area contributed by atoms with Crippen LogP contribution >= 0.6 is 11.6 Å². The van der Waals surface area contributed by atoms with E-state index in [1.807, 2.05) is 18.2 Å². The summed E-state index contributed by atoms with van der Waals surface area (Å²) < 4.78 is 18.6. The average Bonchev–Trinajstić information content (AvgIpc) is 2.27. The molecular formula is C14H13ClFNO. The molecular weight excluding hydrogens is 253 g/mol. The molecule has 0 aliphatic carbocycles. The van der Waals surface area contributed by atoms with Crippen LogP contribution in [0.2, 0.25) is 5.02 Å². The van der Waals surface area contributed by atoms with E-state index in [4.69, 9.17) is 22.1 Å². The van der Waals surface area contributed by atoms with Crippen LogP contribution in [0.5, 0.6) is 0 Å². The second-order valence-corrected chi connectivity index (χ2v) is 4.45. The second kappa shape index (κ2) is 5.85. The molecule has 0 spiro atoms. The van der Waals surface area contributed by atoms with Crippen LogP contribution in [0.15, 0.2) is 42.5 Å². The van der Waals surface area contributed by atoms with E-state index >= 15 is 0 Å². The van der Waals surface area contributed by atoms with Crippen molar-refractivity contribution in [2.75, 3.05) is 5.73 Å². The third-order valence-electron chi connectivity index (χ3n) is 2.41. The smallest absolute Gasteiger partial charge is 0.125 e. The van der Waals surface area contributed by atoms with Gasteiger partial charge in [-0.15, -0.1) is 0 Å². The number of rotatable bonds is 4. The van der Waals surface area contributed by atoms with Gasteiger partial charge in [0.1, 0.15) is 5.82 Å². The molecule has 0 aliphatic rings. The Kier molecular flexibility index (Phi) is 4.18. The zero-order valence-corrected chi connectivity index (χ0v) is 10.5. The summed E-state index contributed by atoms with van der Waals surface area (Å²) in [6.45, 7) is 0.742. The van der Waals surface area contributed by atoms with E-state index in [1.165, 1.54) is 12.1 Å². The van der Waals surface area contributed by atoms with Crippen LogP contribution in [0, 0.1) is 5.82 Å². The van der Waals surface area contributed by atoms with Crippen LogP contribution in [0.1, 0.15) is 11.1 Å². The summed E-state index contributed by atoms with van der Waals surface area (Å²) in [6, 6.07) is 11.8. The van der Waals surface area contributed by atoms with Crippen LogP contribution in [-0.4, -0.2) is 0 Å². The van der Waals surface area contributed by atoms with E-state index < -0.39 is 0 Å². The van der Waals surface area contributed by atoms with Gasteiger partial charge in [-0.3, -0.25) is 0 Å². The highest BCUT2D eigenvalue weighted by atomic mass is 35.5. The molecule has 0 heterocycles. The van der Waals surface area contributed by atoms with Crippen molar-refractivity contribution < 1.29 is 9.13 Å². The quantitative estimate of drug-likeness (QED) is 0.854. The molecule has 0 saturated heterocycles. The van der Waals surface area contributed by atoms with Crippen LogP contribution in [0.25, 0.3) is 0 Å². The minimum Gasteiger partial charge on any atom is -0.399 e. The van der Waals surface area contributed by atoms with Crippen molar-refractivity contribution in [1.29, 1.82) is 0 Å². The summed E-state index contributed by atoms with van der Waals surface area (Å²) in [5.41, 5.74) is 7.64. The van der Waals surface area contributed by atoms with Gasteiger partial charge in [0, 0.05) is 10.7 Å². The van der Waals surface area contributed by atoms with Gasteiger partial charge in [0.05, 0.1) is 13.2 Å². The number of anilines is 1. The molecule has 2 aromatic rings. The van der Waals surface area contributed by atoms with Crippen molar-refractivity contribution in [3.8, 4) is 0 Å². The molecule has 0 saturated carbocycles. The Balaban J connectivity index is 1.92. The van der Waals surface area contributed by atoms with E-state index in [-0.39, 0.29) is 5.82 Å². The average molecular weight is 266 g/mol. The Morgan fingerprint density at radius 1 is 1.06 bits per heavy atom. The zero-order chi connectivity index (χ0) is 13.0. The third kappa shape index (κ3) is 3.72. The fourth-order valence-corrected chi connectivity index (χ4v) is 1.89. The standard InChI is InChI=1S/C14H13ClFNO/c15-12-3-1-2-10(4-12)8-18-9-11-5-13(16)7-14(17)6-11/h1-7H,8-9,17H2. The van der Waals surface area contributed by atoms with Gasteiger partial charge < -0.3 is 10.5 Å². The lowest BCUT2D eigenvalue weighted by Crippen LogP contribution is -1.96. The molecule has 2 aromatic carbocycles. The summed E-state index contributed by atoms with van der Waals surface area (Å²) >= 11 is 5.86. The molecule has 2 N–H and O–H groups in total. The molecule has 0 unspecified atom stereocenters. The maximum atomic E-state index is 13.1. The predicted molar refractivity (Wildman–Crippen MR) is 70.8 cm³/mol. The number of halogens is 2. The molecule has 0 amide bonds. The lowest BCUT2D eigenvalue weighted by Gasteiger charge is -2.06. The van der Waals surface area contributed by atoms with Crippen LogP contribution < -0.4 is 5.73 Å². The highest BCUT2D eigenvalue weighted by Crippen LogP contribution is 2.14. The fourth-order valence-electron chi connectivity index (χ4n) is 1.67. The molecule has 18 heavy (non-hydrogen) atoms. The minimum absolute atomic E-state index is 0.314.